The number of unbranched alkanes of at least 4 members (excludes halogenated alkanes) is 1. The highest BCUT2D eigenvalue weighted by molar-refractivity contribution is 5.96. The first kappa shape index (κ1) is 20.4. The maximum absolute atomic E-state index is 13.3. The van der Waals surface area contributed by atoms with Gasteiger partial charge in [0.2, 0.25) is 5.91 Å². The molecule has 0 aromatic heterocycles. The van der Waals surface area contributed by atoms with E-state index in [4.69, 9.17) is 5.73 Å². The zero-order chi connectivity index (χ0) is 19.2. The minimum absolute atomic E-state index is 0.229. The van der Waals surface area contributed by atoms with Crippen LogP contribution < -0.4 is 10.6 Å². The van der Waals surface area contributed by atoms with E-state index in [0.29, 0.717) is 5.91 Å². The molecule has 0 bridgehead atoms. The highest BCUT2D eigenvalue weighted by Gasteiger charge is 2.31. The Kier molecular flexibility index (Phi) is 7.34. The Balaban J connectivity index is 1.64. The standard InChI is InChI=1S/C24H38N2O/c1-3-5-7-18-9-12-20(13-10-18)24(27)26-15-6-8-21-16-19(11-14-23(21)26)17-22(25)4-2/h11,14,16,18,20,22H,3-10,12-13,15,17,25H2,1-2H3. The number of fused-ring (bicyclic) bond motifs is 1. The van der Waals surface area contributed by atoms with Gasteiger partial charge in [-0.3, -0.25) is 4.79 Å². The fourth-order valence-corrected chi connectivity index (χ4v) is 4.86. The molecular weight excluding hydrogens is 332 g/mol. The van der Waals surface area contributed by atoms with Crippen molar-refractivity contribution in [3.05, 3.63) is 29.3 Å². The summed E-state index contributed by atoms with van der Waals surface area (Å²) in [6, 6.07) is 6.89. The molecule has 1 fully saturated rings. The Hall–Kier alpha value is -1.35. The molecule has 3 rings (SSSR count). The molecule has 1 aliphatic carbocycles. The summed E-state index contributed by atoms with van der Waals surface area (Å²) in [5.41, 5.74) is 9.95. The summed E-state index contributed by atoms with van der Waals surface area (Å²) in [6.45, 7) is 5.29. The second kappa shape index (κ2) is 9.73. The predicted octanol–water partition coefficient (Wildman–Crippen LogP) is 5.24. The summed E-state index contributed by atoms with van der Waals surface area (Å²) in [7, 11) is 0. The van der Waals surface area contributed by atoms with Crippen LogP contribution >= 0.6 is 0 Å². The van der Waals surface area contributed by atoms with Crippen LogP contribution in [0.15, 0.2) is 18.2 Å². The molecule has 1 atom stereocenters. The summed E-state index contributed by atoms with van der Waals surface area (Å²) in [4.78, 5) is 15.3. The van der Waals surface area contributed by atoms with Crippen LogP contribution in [-0.4, -0.2) is 18.5 Å². The maximum atomic E-state index is 13.3. The number of amides is 1. The van der Waals surface area contributed by atoms with E-state index >= 15 is 0 Å². The third-order valence-electron chi connectivity index (χ3n) is 6.71. The van der Waals surface area contributed by atoms with Gasteiger partial charge in [-0.15, -0.1) is 0 Å². The van der Waals surface area contributed by atoms with E-state index in [1.165, 1.54) is 43.2 Å². The van der Waals surface area contributed by atoms with Crippen molar-refractivity contribution in [3.63, 3.8) is 0 Å². The number of carbonyl (C=O) groups is 1. The van der Waals surface area contributed by atoms with Crippen molar-refractivity contribution < 1.29 is 4.79 Å². The minimum Gasteiger partial charge on any atom is -0.327 e. The molecule has 3 heteroatoms. The van der Waals surface area contributed by atoms with Crippen molar-refractivity contribution in [3.8, 4) is 0 Å². The van der Waals surface area contributed by atoms with Crippen molar-refractivity contribution in [2.24, 2.45) is 17.6 Å². The maximum Gasteiger partial charge on any atom is 0.230 e. The first-order chi connectivity index (χ1) is 13.1. The van der Waals surface area contributed by atoms with E-state index < -0.39 is 0 Å². The Morgan fingerprint density at radius 3 is 2.70 bits per heavy atom. The Morgan fingerprint density at radius 1 is 1.22 bits per heavy atom. The van der Waals surface area contributed by atoms with Gasteiger partial charge in [0.15, 0.2) is 0 Å². The Bertz CT molecular complexity index is 619. The van der Waals surface area contributed by atoms with Crippen LogP contribution in [0.3, 0.4) is 0 Å². The summed E-state index contributed by atoms with van der Waals surface area (Å²) < 4.78 is 0. The lowest BCUT2D eigenvalue weighted by molar-refractivity contribution is -0.123. The van der Waals surface area contributed by atoms with Crippen molar-refractivity contribution in [2.45, 2.75) is 90.5 Å². The number of nitrogens with zero attached hydrogens (tertiary/aromatic N) is 1. The molecule has 0 spiro atoms. The van der Waals surface area contributed by atoms with Gasteiger partial charge in [-0.25, -0.2) is 0 Å². The van der Waals surface area contributed by atoms with Gasteiger partial charge >= 0.3 is 0 Å². The Morgan fingerprint density at radius 2 is 2.00 bits per heavy atom. The zero-order valence-electron chi connectivity index (χ0n) is 17.4. The molecule has 2 aliphatic rings. The smallest absolute Gasteiger partial charge is 0.230 e. The van der Waals surface area contributed by atoms with Crippen molar-refractivity contribution >= 4 is 11.6 Å². The first-order valence-electron chi connectivity index (χ1n) is 11.3. The quantitative estimate of drug-likeness (QED) is 0.713. The van der Waals surface area contributed by atoms with E-state index in [1.807, 2.05) is 0 Å². The van der Waals surface area contributed by atoms with E-state index in [1.54, 1.807) is 0 Å². The minimum atomic E-state index is 0.229. The molecule has 1 aromatic rings. The van der Waals surface area contributed by atoms with Gasteiger partial charge < -0.3 is 10.6 Å². The number of aryl methyl sites for hydroxylation is 1. The number of anilines is 1. The van der Waals surface area contributed by atoms with Gasteiger partial charge in [0, 0.05) is 24.2 Å². The average Bonchev–Trinajstić information content (AvgIpc) is 2.71. The lowest BCUT2D eigenvalue weighted by atomic mass is 9.79. The molecule has 3 nitrogen and oxygen atoms in total. The molecule has 1 unspecified atom stereocenters. The fourth-order valence-electron chi connectivity index (χ4n) is 4.86. The average molecular weight is 371 g/mol. The highest BCUT2D eigenvalue weighted by atomic mass is 16.2. The molecule has 1 heterocycles. The SMILES string of the molecule is CCCCC1CCC(C(=O)N2CCCc3cc(CC(N)CC)ccc32)CC1. The third-order valence-corrected chi connectivity index (χ3v) is 6.71. The van der Waals surface area contributed by atoms with Gasteiger partial charge in [0.05, 0.1) is 0 Å². The van der Waals surface area contributed by atoms with Crippen molar-refractivity contribution in [1.29, 1.82) is 0 Å². The van der Waals surface area contributed by atoms with Crippen molar-refractivity contribution in [2.75, 3.05) is 11.4 Å². The third kappa shape index (κ3) is 5.13. The fraction of sp³-hybridized carbons (Fsp3) is 0.708. The van der Waals surface area contributed by atoms with Crippen LogP contribution in [0.5, 0.6) is 0 Å². The highest BCUT2D eigenvalue weighted by Crippen LogP contribution is 2.36. The van der Waals surface area contributed by atoms with Gasteiger partial charge in [0.25, 0.3) is 0 Å². The van der Waals surface area contributed by atoms with Gasteiger partial charge in [-0.2, -0.15) is 0 Å². The van der Waals surface area contributed by atoms with Gasteiger partial charge in [0.1, 0.15) is 0 Å². The van der Waals surface area contributed by atoms with Crippen LogP contribution in [0.1, 0.15) is 82.8 Å². The van der Waals surface area contributed by atoms with Crippen LogP contribution in [0.2, 0.25) is 0 Å². The molecular formula is C24H38N2O. The Labute approximate surface area is 165 Å². The summed E-state index contributed by atoms with van der Waals surface area (Å²) in [6.07, 6.45) is 12.7. The van der Waals surface area contributed by atoms with E-state index in [2.05, 4.69) is 36.9 Å². The lowest BCUT2D eigenvalue weighted by Gasteiger charge is -2.35. The molecule has 0 saturated heterocycles. The van der Waals surface area contributed by atoms with E-state index in [9.17, 15) is 4.79 Å². The summed E-state index contributed by atoms with van der Waals surface area (Å²) in [5, 5.41) is 0. The topological polar surface area (TPSA) is 46.3 Å². The number of carbonyl (C=O) groups excluding carboxylic acids is 1. The van der Waals surface area contributed by atoms with Crippen LogP contribution in [0.4, 0.5) is 5.69 Å². The van der Waals surface area contributed by atoms with Crippen molar-refractivity contribution in [1.82, 2.24) is 0 Å². The second-order valence-electron chi connectivity index (χ2n) is 8.79. The van der Waals surface area contributed by atoms with Crippen LogP contribution in [-0.2, 0) is 17.6 Å². The first-order valence-corrected chi connectivity index (χ1v) is 11.3. The molecule has 1 saturated carbocycles. The van der Waals surface area contributed by atoms with Gasteiger partial charge in [-0.05, 0) is 74.5 Å². The number of nitrogens with two attached hydrogens (primary N) is 1. The largest absolute Gasteiger partial charge is 0.327 e. The number of benzene rings is 1. The molecule has 1 aromatic carbocycles. The summed E-state index contributed by atoms with van der Waals surface area (Å²) in [5.74, 6) is 1.47. The molecule has 1 aliphatic heterocycles. The zero-order valence-corrected chi connectivity index (χ0v) is 17.4. The monoisotopic (exact) mass is 370 g/mol. The predicted molar refractivity (Wildman–Crippen MR) is 114 cm³/mol. The van der Waals surface area contributed by atoms with E-state index in [-0.39, 0.29) is 12.0 Å². The molecule has 150 valence electrons. The molecule has 27 heavy (non-hydrogen) atoms. The molecule has 0 radical (unpaired) electrons. The number of hydrogen-bond donors (Lipinski definition) is 1. The summed E-state index contributed by atoms with van der Waals surface area (Å²) >= 11 is 0. The van der Waals surface area contributed by atoms with Crippen LogP contribution in [0, 0.1) is 11.8 Å². The molecule has 2 N–H and O–H groups in total. The number of rotatable bonds is 7. The molecule has 1 amide bonds. The number of hydrogen-bond acceptors (Lipinski definition) is 2. The lowest BCUT2D eigenvalue weighted by Crippen LogP contribution is -2.41. The normalized spacial score (nSPS) is 23.7. The van der Waals surface area contributed by atoms with Crippen LogP contribution in [0.25, 0.3) is 0 Å². The second-order valence-corrected chi connectivity index (χ2v) is 8.79. The van der Waals surface area contributed by atoms with E-state index in [0.717, 1.165) is 56.7 Å². The van der Waals surface area contributed by atoms with Gasteiger partial charge in [-0.1, -0.05) is 45.2 Å².